The van der Waals surface area contributed by atoms with Crippen molar-refractivity contribution in [1.29, 1.82) is 0 Å². The fourth-order valence-electron chi connectivity index (χ4n) is 1.25. The molecule has 0 spiro atoms. The molecule has 1 aromatic rings. The molecule has 0 bridgehead atoms. The van der Waals surface area contributed by atoms with E-state index in [0.717, 1.165) is 22.6 Å². The summed E-state index contributed by atoms with van der Waals surface area (Å²) in [5.41, 5.74) is 6.59. The Labute approximate surface area is 93.7 Å². The van der Waals surface area contributed by atoms with Crippen LogP contribution in [0.5, 0.6) is 0 Å². The fourth-order valence-corrected chi connectivity index (χ4v) is 2.32. The zero-order valence-electron chi connectivity index (χ0n) is 8.74. The molecule has 0 heterocycles. The van der Waals surface area contributed by atoms with Crippen molar-refractivity contribution < 1.29 is 9.50 Å². The van der Waals surface area contributed by atoms with Crippen LogP contribution in [-0.4, -0.2) is 17.5 Å². The second kappa shape index (κ2) is 6.10. The van der Waals surface area contributed by atoms with Gasteiger partial charge in [0.25, 0.3) is 0 Å². The van der Waals surface area contributed by atoms with Gasteiger partial charge < -0.3 is 10.8 Å². The monoisotopic (exact) mass is 229 g/mol. The minimum Gasteiger partial charge on any atom is -0.396 e. The zero-order valence-corrected chi connectivity index (χ0v) is 9.56. The van der Waals surface area contributed by atoms with Crippen LogP contribution >= 0.6 is 11.8 Å². The molecule has 0 aliphatic rings. The summed E-state index contributed by atoms with van der Waals surface area (Å²) in [4.78, 5) is 1.000. The van der Waals surface area contributed by atoms with E-state index in [1.165, 1.54) is 12.1 Å². The summed E-state index contributed by atoms with van der Waals surface area (Å²) in [6.45, 7) is 2.02. The van der Waals surface area contributed by atoms with Gasteiger partial charge in [0.05, 0.1) is 0 Å². The minimum absolute atomic E-state index is 0.169. The second-order valence-electron chi connectivity index (χ2n) is 3.40. The molecule has 1 unspecified atom stereocenters. The molecule has 0 radical (unpaired) electrons. The van der Waals surface area contributed by atoms with E-state index in [-0.39, 0.29) is 18.5 Å². The van der Waals surface area contributed by atoms with Crippen LogP contribution in [0, 0.1) is 5.82 Å². The van der Waals surface area contributed by atoms with Crippen molar-refractivity contribution in [3.8, 4) is 0 Å². The van der Waals surface area contributed by atoms with Gasteiger partial charge in [0.1, 0.15) is 5.82 Å². The lowest BCUT2D eigenvalue weighted by molar-refractivity contribution is 0.296. The number of aliphatic hydroxyl groups excluding tert-OH is 1. The third-order valence-corrected chi connectivity index (χ3v) is 3.20. The van der Waals surface area contributed by atoms with Crippen molar-refractivity contribution in [3.63, 3.8) is 0 Å². The molecule has 1 rings (SSSR count). The largest absolute Gasteiger partial charge is 0.396 e. The average molecular weight is 229 g/mol. The van der Waals surface area contributed by atoms with Gasteiger partial charge in [0, 0.05) is 23.3 Å². The van der Waals surface area contributed by atoms with Gasteiger partial charge in [-0.15, -0.1) is 11.8 Å². The summed E-state index contributed by atoms with van der Waals surface area (Å²) in [7, 11) is 0. The van der Waals surface area contributed by atoms with E-state index in [4.69, 9.17) is 10.8 Å². The first-order chi connectivity index (χ1) is 7.15. The van der Waals surface area contributed by atoms with Gasteiger partial charge in [-0.25, -0.2) is 4.39 Å². The Morgan fingerprint density at radius 1 is 1.53 bits per heavy atom. The van der Waals surface area contributed by atoms with Crippen LogP contribution in [-0.2, 0) is 0 Å². The van der Waals surface area contributed by atoms with Crippen molar-refractivity contribution in [3.05, 3.63) is 29.6 Å². The van der Waals surface area contributed by atoms with E-state index in [1.54, 1.807) is 17.8 Å². The third kappa shape index (κ3) is 3.81. The Morgan fingerprint density at radius 3 is 2.87 bits per heavy atom. The summed E-state index contributed by atoms with van der Waals surface area (Å²) in [5, 5.41) is 8.67. The summed E-state index contributed by atoms with van der Waals surface area (Å²) < 4.78 is 13.0. The first kappa shape index (κ1) is 12.5. The molecule has 1 aromatic carbocycles. The minimum atomic E-state index is -0.256. The number of hydrogen-bond acceptors (Lipinski definition) is 3. The maximum Gasteiger partial charge on any atom is 0.123 e. The molecule has 1 atom stereocenters. The van der Waals surface area contributed by atoms with E-state index in [0.29, 0.717) is 0 Å². The lowest BCUT2D eigenvalue weighted by Crippen LogP contribution is -2.07. The maximum atomic E-state index is 13.0. The molecule has 0 amide bonds. The van der Waals surface area contributed by atoms with E-state index >= 15 is 0 Å². The van der Waals surface area contributed by atoms with Gasteiger partial charge in [-0.1, -0.05) is 0 Å². The predicted octanol–water partition coefficient (Wildman–Crippen LogP) is 2.32. The van der Waals surface area contributed by atoms with Gasteiger partial charge in [-0.3, -0.25) is 0 Å². The van der Waals surface area contributed by atoms with Gasteiger partial charge in [-0.2, -0.15) is 0 Å². The van der Waals surface area contributed by atoms with Crippen molar-refractivity contribution in [2.24, 2.45) is 5.73 Å². The van der Waals surface area contributed by atoms with E-state index < -0.39 is 0 Å². The lowest BCUT2D eigenvalue weighted by atomic mass is 10.1. The van der Waals surface area contributed by atoms with Crippen molar-refractivity contribution in [2.45, 2.75) is 24.3 Å². The molecule has 4 heteroatoms. The molecule has 0 saturated carbocycles. The van der Waals surface area contributed by atoms with Gasteiger partial charge >= 0.3 is 0 Å². The fraction of sp³-hybridized carbons (Fsp3) is 0.455. The predicted molar refractivity (Wildman–Crippen MR) is 61.4 cm³/mol. The van der Waals surface area contributed by atoms with Crippen LogP contribution in [0.2, 0.25) is 0 Å². The first-order valence-electron chi connectivity index (χ1n) is 4.94. The zero-order chi connectivity index (χ0) is 11.3. The molecule has 3 N–H and O–H groups in total. The highest BCUT2D eigenvalue weighted by Gasteiger charge is 2.08. The molecule has 15 heavy (non-hydrogen) atoms. The number of benzene rings is 1. The smallest absolute Gasteiger partial charge is 0.123 e. The van der Waals surface area contributed by atoms with Crippen LogP contribution in [0.3, 0.4) is 0 Å². The lowest BCUT2D eigenvalue weighted by Gasteiger charge is -2.12. The van der Waals surface area contributed by atoms with Crippen LogP contribution < -0.4 is 5.73 Å². The SMILES string of the molecule is CC(N)c1cc(F)ccc1SCCCO. The number of thioether (sulfide) groups is 1. The number of hydrogen-bond donors (Lipinski definition) is 2. The highest BCUT2D eigenvalue weighted by molar-refractivity contribution is 7.99. The number of rotatable bonds is 5. The van der Waals surface area contributed by atoms with Gasteiger partial charge in [0.15, 0.2) is 0 Å². The Morgan fingerprint density at radius 2 is 2.27 bits per heavy atom. The van der Waals surface area contributed by atoms with Crippen LogP contribution in [0.15, 0.2) is 23.1 Å². The van der Waals surface area contributed by atoms with Crippen molar-refractivity contribution in [2.75, 3.05) is 12.4 Å². The summed E-state index contributed by atoms with van der Waals surface area (Å²) in [6, 6.07) is 4.49. The van der Waals surface area contributed by atoms with Gasteiger partial charge in [-0.05, 0) is 37.1 Å². The molecular formula is C11H16FNOS. The normalized spacial score (nSPS) is 12.8. The Balaban J connectivity index is 2.77. The van der Waals surface area contributed by atoms with Crippen LogP contribution in [0.4, 0.5) is 4.39 Å². The molecule has 84 valence electrons. The maximum absolute atomic E-state index is 13.0. The topological polar surface area (TPSA) is 46.2 Å². The van der Waals surface area contributed by atoms with Crippen LogP contribution in [0.25, 0.3) is 0 Å². The number of halogens is 1. The number of aliphatic hydroxyl groups is 1. The molecule has 0 aromatic heterocycles. The van der Waals surface area contributed by atoms with Crippen molar-refractivity contribution >= 4 is 11.8 Å². The van der Waals surface area contributed by atoms with Crippen molar-refractivity contribution in [1.82, 2.24) is 0 Å². The molecular weight excluding hydrogens is 213 g/mol. The standard InChI is InChI=1S/C11H16FNOS/c1-8(13)10-7-9(12)3-4-11(10)15-6-2-5-14/h3-4,7-8,14H,2,5-6,13H2,1H3. The van der Waals surface area contributed by atoms with E-state index in [1.807, 2.05) is 6.92 Å². The second-order valence-corrected chi connectivity index (χ2v) is 4.53. The Kier molecular flexibility index (Phi) is 5.08. The highest BCUT2D eigenvalue weighted by Crippen LogP contribution is 2.27. The Bertz CT molecular complexity index is 317. The molecule has 0 saturated heterocycles. The Hall–Kier alpha value is -0.580. The molecule has 2 nitrogen and oxygen atoms in total. The summed E-state index contributed by atoms with van der Waals surface area (Å²) >= 11 is 1.60. The highest BCUT2D eigenvalue weighted by atomic mass is 32.2. The van der Waals surface area contributed by atoms with E-state index in [2.05, 4.69) is 0 Å². The molecule has 0 fully saturated rings. The average Bonchev–Trinajstić information content (AvgIpc) is 2.20. The van der Waals surface area contributed by atoms with Crippen LogP contribution in [0.1, 0.15) is 24.9 Å². The number of nitrogens with two attached hydrogens (primary N) is 1. The third-order valence-electron chi connectivity index (χ3n) is 2.02. The van der Waals surface area contributed by atoms with E-state index in [9.17, 15) is 4.39 Å². The first-order valence-corrected chi connectivity index (χ1v) is 5.92. The molecule has 0 aliphatic heterocycles. The summed E-state index contributed by atoms with van der Waals surface area (Å²) in [5.74, 6) is 0.566. The van der Waals surface area contributed by atoms with Gasteiger partial charge in [0.2, 0.25) is 0 Å². The molecule has 0 aliphatic carbocycles. The summed E-state index contributed by atoms with van der Waals surface area (Å²) in [6.07, 6.45) is 0.737. The quantitative estimate of drug-likeness (QED) is 0.601.